The number of nitrogens with one attached hydrogen (secondary N) is 1. The first-order chi connectivity index (χ1) is 8.69. The Balaban J connectivity index is 2.69. The molecule has 1 atom stereocenters. The molecule has 0 aliphatic rings. The van der Waals surface area contributed by atoms with Gasteiger partial charge in [-0.25, -0.2) is 13.4 Å². The second kappa shape index (κ2) is 6.16. The molecule has 1 rings (SSSR count). The average molecular weight is 308 g/mol. The quantitative estimate of drug-likeness (QED) is 0.636. The molecule has 1 heterocycles. The summed E-state index contributed by atoms with van der Waals surface area (Å²) >= 11 is 5.86. The highest BCUT2D eigenvalue weighted by atomic mass is 35.5. The number of anilines is 1. The first kappa shape index (κ1) is 15.6. The van der Waals surface area contributed by atoms with Crippen LogP contribution in [0.5, 0.6) is 0 Å². The fourth-order valence-corrected chi connectivity index (χ4v) is 2.33. The van der Waals surface area contributed by atoms with Crippen molar-refractivity contribution in [1.82, 2.24) is 4.98 Å². The van der Waals surface area contributed by atoms with E-state index in [2.05, 4.69) is 10.3 Å². The molecule has 1 N–H and O–H groups in total. The molecule has 0 bridgehead atoms. The lowest BCUT2D eigenvalue weighted by Gasteiger charge is -2.14. The van der Waals surface area contributed by atoms with Crippen molar-refractivity contribution in [2.24, 2.45) is 0 Å². The van der Waals surface area contributed by atoms with Gasteiger partial charge in [0.2, 0.25) is 0 Å². The van der Waals surface area contributed by atoms with Gasteiger partial charge in [0.25, 0.3) is 5.69 Å². The van der Waals surface area contributed by atoms with Crippen molar-refractivity contribution in [3.63, 3.8) is 0 Å². The van der Waals surface area contributed by atoms with Crippen molar-refractivity contribution in [1.29, 1.82) is 0 Å². The molecule has 9 heteroatoms. The molecular weight excluding hydrogens is 294 g/mol. The van der Waals surface area contributed by atoms with Gasteiger partial charge < -0.3 is 5.32 Å². The third kappa shape index (κ3) is 5.39. The van der Waals surface area contributed by atoms with Gasteiger partial charge in [-0.05, 0) is 13.3 Å². The SMILES string of the molecule is CC(CCS(C)(=O)=O)Nc1ncc([N+](=O)[O-])cc1Cl. The lowest BCUT2D eigenvalue weighted by molar-refractivity contribution is -0.385. The smallest absolute Gasteiger partial charge is 0.289 e. The van der Waals surface area contributed by atoms with Gasteiger partial charge in [0.05, 0.1) is 15.7 Å². The Morgan fingerprint density at radius 1 is 1.58 bits per heavy atom. The summed E-state index contributed by atoms with van der Waals surface area (Å²) in [4.78, 5) is 13.8. The Morgan fingerprint density at radius 3 is 2.68 bits per heavy atom. The van der Waals surface area contributed by atoms with Crippen molar-refractivity contribution in [2.45, 2.75) is 19.4 Å². The van der Waals surface area contributed by atoms with Gasteiger partial charge in [0.15, 0.2) is 0 Å². The zero-order chi connectivity index (χ0) is 14.6. The molecule has 1 aromatic heterocycles. The van der Waals surface area contributed by atoms with Crippen LogP contribution in [-0.2, 0) is 9.84 Å². The molecule has 0 radical (unpaired) electrons. The molecule has 0 spiro atoms. The number of nitrogens with zero attached hydrogens (tertiary/aromatic N) is 2. The van der Waals surface area contributed by atoms with Crippen LogP contribution in [0, 0.1) is 10.1 Å². The summed E-state index contributed by atoms with van der Waals surface area (Å²) < 4.78 is 22.1. The van der Waals surface area contributed by atoms with Crippen LogP contribution in [0.2, 0.25) is 5.02 Å². The lowest BCUT2D eigenvalue weighted by Crippen LogP contribution is -2.20. The maximum Gasteiger partial charge on any atom is 0.289 e. The molecule has 7 nitrogen and oxygen atoms in total. The van der Waals surface area contributed by atoms with Crippen LogP contribution < -0.4 is 5.32 Å². The van der Waals surface area contributed by atoms with Crippen LogP contribution in [0.4, 0.5) is 11.5 Å². The number of rotatable bonds is 6. The molecule has 1 unspecified atom stereocenters. The first-order valence-corrected chi connectivity index (χ1v) is 7.87. The van der Waals surface area contributed by atoms with E-state index in [0.29, 0.717) is 12.2 Å². The zero-order valence-electron chi connectivity index (χ0n) is 10.5. The summed E-state index contributed by atoms with van der Waals surface area (Å²) in [7, 11) is -3.02. The fourth-order valence-electron chi connectivity index (χ4n) is 1.33. The minimum Gasteiger partial charge on any atom is -0.366 e. The van der Waals surface area contributed by atoms with Gasteiger partial charge >= 0.3 is 0 Å². The largest absolute Gasteiger partial charge is 0.366 e. The van der Waals surface area contributed by atoms with Crippen LogP contribution in [-0.4, -0.2) is 36.4 Å². The molecule has 0 aromatic carbocycles. The summed E-state index contributed by atoms with van der Waals surface area (Å²) in [5.41, 5.74) is -0.195. The van der Waals surface area contributed by atoms with Gasteiger partial charge in [-0.3, -0.25) is 10.1 Å². The van der Waals surface area contributed by atoms with E-state index >= 15 is 0 Å². The predicted molar refractivity (Wildman–Crippen MR) is 73.3 cm³/mol. The second-order valence-corrected chi connectivity index (χ2v) is 6.91. The Labute approximate surface area is 116 Å². The summed E-state index contributed by atoms with van der Waals surface area (Å²) in [5.74, 6) is 0.347. The molecule has 19 heavy (non-hydrogen) atoms. The first-order valence-electron chi connectivity index (χ1n) is 5.43. The third-order valence-electron chi connectivity index (χ3n) is 2.34. The summed E-state index contributed by atoms with van der Waals surface area (Å²) in [5, 5.41) is 13.6. The Kier molecular flexibility index (Phi) is 5.07. The number of hydrogen-bond acceptors (Lipinski definition) is 6. The summed E-state index contributed by atoms with van der Waals surface area (Å²) in [6, 6.07) is 1.03. The van der Waals surface area contributed by atoms with Crippen molar-refractivity contribution < 1.29 is 13.3 Å². The maximum absolute atomic E-state index is 11.0. The summed E-state index contributed by atoms with van der Waals surface area (Å²) in [6.07, 6.45) is 2.65. The van der Waals surface area contributed by atoms with E-state index < -0.39 is 14.8 Å². The van der Waals surface area contributed by atoms with Crippen molar-refractivity contribution >= 4 is 32.9 Å². The maximum atomic E-state index is 11.0. The van der Waals surface area contributed by atoms with Gasteiger partial charge in [-0.1, -0.05) is 11.6 Å². The lowest BCUT2D eigenvalue weighted by atomic mass is 10.2. The highest BCUT2D eigenvalue weighted by Crippen LogP contribution is 2.24. The van der Waals surface area contributed by atoms with E-state index in [1.54, 1.807) is 6.92 Å². The number of halogens is 1. The van der Waals surface area contributed by atoms with Crippen LogP contribution in [0.25, 0.3) is 0 Å². The molecule has 0 aliphatic carbocycles. The highest BCUT2D eigenvalue weighted by molar-refractivity contribution is 7.90. The molecule has 106 valence electrons. The minimum atomic E-state index is -3.02. The minimum absolute atomic E-state index is 0.0474. The average Bonchev–Trinajstić information content (AvgIpc) is 2.28. The molecule has 0 amide bonds. The Morgan fingerprint density at radius 2 is 2.21 bits per heavy atom. The van der Waals surface area contributed by atoms with E-state index in [1.807, 2.05) is 0 Å². The Hall–Kier alpha value is -1.41. The van der Waals surface area contributed by atoms with Gasteiger partial charge in [0.1, 0.15) is 21.9 Å². The topological polar surface area (TPSA) is 102 Å². The van der Waals surface area contributed by atoms with E-state index in [0.717, 1.165) is 12.5 Å². The van der Waals surface area contributed by atoms with Crippen molar-refractivity contribution in [3.05, 3.63) is 27.4 Å². The molecule has 0 saturated carbocycles. The molecular formula is C10H14ClN3O4S. The number of hydrogen-bond donors (Lipinski definition) is 1. The molecule has 0 saturated heterocycles. The predicted octanol–water partition coefficient (Wildman–Crippen LogP) is 1.88. The van der Waals surface area contributed by atoms with Gasteiger partial charge in [-0.15, -0.1) is 0 Å². The van der Waals surface area contributed by atoms with E-state index in [9.17, 15) is 18.5 Å². The molecule has 0 aliphatic heterocycles. The van der Waals surface area contributed by atoms with Crippen LogP contribution in [0.3, 0.4) is 0 Å². The van der Waals surface area contributed by atoms with E-state index in [-0.39, 0.29) is 22.5 Å². The number of aromatic nitrogens is 1. The standard InChI is InChI=1S/C10H14ClN3O4S/c1-7(3-4-19(2,17)18)13-10-9(11)5-8(6-12-10)14(15)16/h5-7H,3-4H2,1-2H3,(H,12,13). The fraction of sp³-hybridized carbons (Fsp3) is 0.500. The summed E-state index contributed by atoms with van der Waals surface area (Å²) in [6.45, 7) is 1.78. The second-order valence-electron chi connectivity index (χ2n) is 4.24. The number of sulfone groups is 1. The van der Waals surface area contributed by atoms with Crippen LogP contribution in [0.15, 0.2) is 12.3 Å². The molecule has 0 fully saturated rings. The third-order valence-corrected chi connectivity index (χ3v) is 3.61. The van der Waals surface area contributed by atoms with E-state index in [1.165, 1.54) is 6.07 Å². The van der Waals surface area contributed by atoms with Crippen molar-refractivity contribution in [2.75, 3.05) is 17.3 Å². The van der Waals surface area contributed by atoms with Crippen LogP contribution >= 0.6 is 11.6 Å². The Bertz CT molecular complexity index is 576. The molecule has 1 aromatic rings. The number of nitro groups is 1. The zero-order valence-corrected chi connectivity index (χ0v) is 12.0. The van der Waals surface area contributed by atoms with Gasteiger partial charge in [0, 0.05) is 18.4 Å². The van der Waals surface area contributed by atoms with E-state index in [4.69, 9.17) is 11.6 Å². The number of pyridine rings is 1. The van der Waals surface area contributed by atoms with Crippen molar-refractivity contribution in [3.8, 4) is 0 Å². The van der Waals surface area contributed by atoms with Gasteiger partial charge in [-0.2, -0.15) is 0 Å². The van der Waals surface area contributed by atoms with Crippen LogP contribution in [0.1, 0.15) is 13.3 Å². The monoisotopic (exact) mass is 307 g/mol. The normalized spacial score (nSPS) is 13.0. The highest BCUT2D eigenvalue weighted by Gasteiger charge is 2.13.